The highest BCUT2D eigenvalue weighted by Gasteiger charge is 2.17. The van der Waals surface area contributed by atoms with Gasteiger partial charge >= 0.3 is 6.01 Å². The molecule has 102 valence electrons. The first-order valence-corrected chi connectivity index (χ1v) is 7.41. The van der Waals surface area contributed by atoms with Gasteiger partial charge in [-0.25, -0.2) is 13.1 Å². The number of nitrogens with one attached hydrogen (secondary N) is 1. The molecule has 0 spiro atoms. The fourth-order valence-corrected chi connectivity index (χ4v) is 2.60. The number of aromatic nitrogens is 2. The van der Waals surface area contributed by atoms with Crippen LogP contribution in [-0.2, 0) is 16.4 Å². The summed E-state index contributed by atoms with van der Waals surface area (Å²) >= 11 is 0. The molecule has 0 atom stereocenters. The van der Waals surface area contributed by atoms with Crippen LogP contribution < -0.4 is 4.72 Å². The van der Waals surface area contributed by atoms with Crippen LogP contribution in [0.1, 0.15) is 24.8 Å². The molecule has 0 saturated heterocycles. The Hall–Kier alpha value is -1.89. The van der Waals surface area contributed by atoms with Crippen molar-refractivity contribution in [2.45, 2.75) is 31.6 Å². The summed E-state index contributed by atoms with van der Waals surface area (Å²) in [6.45, 7) is 3.80. The van der Waals surface area contributed by atoms with Crippen LogP contribution in [0.25, 0.3) is 0 Å². The lowest BCUT2D eigenvalue weighted by Gasteiger charge is -2.04. The quantitative estimate of drug-likeness (QED) is 0.907. The first-order chi connectivity index (χ1) is 9.01. The summed E-state index contributed by atoms with van der Waals surface area (Å²) in [5.74, 6) is 0.421. The van der Waals surface area contributed by atoms with Gasteiger partial charge in [0.15, 0.2) is 0 Å². The highest BCUT2D eigenvalue weighted by molar-refractivity contribution is 7.92. The number of nitrogens with zero attached hydrogens (tertiary/aromatic N) is 2. The molecule has 1 N–H and O–H groups in total. The second-order valence-electron chi connectivity index (χ2n) is 4.17. The fraction of sp³-hybridized carbons (Fsp3) is 0.333. The third kappa shape index (κ3) is 3.31. The van der Waals surface area contributed by atoms with E-state index in [0.717, 1.165) is 12.0 Å². The molecule has 7 heteroatoms. The number of sulfonamides is 1. The lowest BCUT2D eigenvalue weighted by Crippen LogP contribution is -2.13. The van der Waals surface area contributed by atoms with E-state index in [9.17, 15) is 8.42 Å². The normalized spacial score (nSPS) is 11.5. The smallest absolute Gasteiger partial charge is 0.329 e. The highest BCUT2D eigenvalue weighted by Crippen LogP contribution is 2.16. The summed E-state index contributed by atoms with van der Waals surface area (Å²) in [6, 6.07) is 6.49. The number of anilines is 1. The number of hydrogen-bond donors (Lipinski definition) is 1. The number of benzene rings is 1. The molecule has 0 bridgehead atoms. The maximum atomic E-state index is 12.1. The molecular weight excluding hydrogens is 266 g/mol. The van der Waals surface area contributed by atoms with Crippen LogP contribution in [0.2, 0.25) is 0 Å². The van der Waals surface area contributed by atoms with Crippen molar-refractivity contribution in [3.63, 3.8) is 0 Å². The van der Waals surface area contributed by atoms with E-state index in [4.69, 9.17) is 4.42 Å². The van der Waals surface area contributed by atoms with Crippen molar-refractivity contribution in [3.8, 4) is 0 Å². The maximum Gasteiger partial charge on any atom is 0.329 e. The van der Waals surface area contributed by atoms with Gasteiger partial charge in [0.1, 0.15) is 0 Å². The van der Waals surface area contributed by atoms with E-state index in [1.165, 1.54) is 6.07 Å². The fourth-order valence-electron chi connectivity index (χ4n) is 1.57. The van der Waals surface area contributed by atoms with Crippen molar-refractivity contribution in [3.05, 3.63) is 35.7 Å². The highest BCUT2D eigenvalue weighted by atomic mass is 32.2. The first kappa shape index (κ1) is 13.5. The Morgan fingerprint density at radius 3 is 2.79 bits per heavy atom. The van der Waals surface area contributed by atoms with Gasteiger partial charge in [0.2, 0.25) is 5.89 Å². The van der Waals surface area contributed by atoms with Crippen LogP contribution in [0.4, 0.5) is 6.01 Å². The second-order valence-corrected chi connectivity index (χ2v) is 5.86. The molecule has 0 fully saturated rings. The maximum absolute atomic E-state index is 12.1. The van der Waals surface area contributed by atoms with Gasteiger partial charge in [0.05, 0.1) is 4.90 Å². The van der Waals surface area contributed by atoms with Crippen LogP contribution >= 0.6 is 0 Å². The van der Waals surface area contributed by atoms with Gasteiger partial charge in [-0.2, -0.15) is 0 Å². The predicted octanol–water partition coefficient (Wildman–Crippen LogP) is 2.13. The molecule has 1 heterocycles. The lowest BCUT2D eigenvalue weighted by molar-refractivity contribution is 0.504. The molecule has 6 nitrogen and oxygen atoms in total. The minimum Gasteiger partial charge on any atom is -0.407 e. The summed E-state index contributed by atoms with van der Waals surface area (Å²) in [6.07, 6.45) is 1.48. The summed E-state index contributed by atoms with van der Waals surface area (Å²) in [7, 11) is -3.68. The minimum absolute atomic E-state index is 0.107. The zero-order valence-corrected chi connectivity index (χ0v) is 11.6. The average molecular weight is 281 g/mol. The second kappa shape index (κ2) is 5.40. The minimum atomic E-state index is -3.68. The van der Waals surface area contributed by atoms with Crippen molar-refractivity contribution in [1.29, 1.82) is 0 Å². The topological polar surface area (TPSA) is 85.1 Å². The van der Waals surface area contributed by atoms with Crippen molar-refractivity contribution in [2.75, 3.05) is 4.72 Å². The van der Waals surface area contributed by atoms with Crippen LogP contribution in [-0.4, -0.2) is 18.6 Å². The third-order valence-corrected chi connectivity index (χ3v) is 3.77. The number of hydrogen-bond acceptors (Lipinski definition) is 5. The van der Waals surface area contributed by atoms with Gasteiger partial charge < -0.3 is 4.42 Å². The molecule has 0 saturated carbocycles. The third-order valence-electron chi connectivity index (χ3n) is 2.45. The van der Waals surface area contributed by atoms with E-state index in [1.54, 1.807) is 12.1 Å². The Labute approximate surface area is 111 Å². The van der Waals surface area contributed by atoms with Crippen LogP contribution in [0.15, 0.2) is 33.6 Å². The average Bonchev–Trinajstić information content (AvgIpc) is 2.76. The van der Waals surface area contributed by atoms with Crippen LogP contribution in [0.5, 0.6) is 0 Å². The molecule has 19 heavy (non-hydrogen) atoms. The molecule has 0 amide bonds. The van der Waals surface area contributed by atoms with Crippen LogP contribution in [0.3, 0.4) is 0 Å². The Balaban J connectivity index is 2.21. The van der Waals surface area contributed by atoms with Crippen molar-refractivity contribution < 1.29 is 12.8 Å². The molecule has 1 aromatic heterocycles. The van der Waals surface area contributed by atoms with Crippen molar-refractivity contribution in [1.82, 2.24) is 10.2 Å². The standard InChI is InChI=1S/C12H15N3O3S/c1-3-5-11-13-14-12(18-11)15-19(16,17)10-7-4-6-9(2)8-10/h4,6-8H,3,5H2,1-2H3,(H,14,15). The van der Waals surface area contributed by atoms with Gasteiger partial charge in [-0.1, -0.05) is 24.2 Å². The molecular formula is C12H15N3O3S. The number of rotatable bonds is 5. The van der Waals surface area contributed by atoms with Crippen LogP contribution in [0, 0.1) is 6.92 Å². The molecule has 0 aliphatic heterocycles. The van der Waals surface area contributed by atoms with Gasteiger partial charge in [0.25, 0.3) is 10.0 Å². The predicted molar refractivity (Wildman–Crippen MR) is 70.3 cm³/mol. The molecule has 0 aliphatic carbocycles. The SMILES string of the molecule is CCCc1nnc(NS(=O)(=O)c2cccc(C)c2)o1. The first-order valence-electron chi connectivity index (χ1n) is 5.93. The monoisotopic (exact) mass is 281 g/mol. The summed E-state index contributed by atoms with van der Waals surface area (Å²) in [4.78, 5) is 0.169. The van der Waals surface area contributed by atoms with E-state index in [1.807, 2.05) is 19.9 Å². The van der Waals surface area contributed by atoms with Gasteiger partial charge in [0, 0.05) is 6.42 Å². The summed E-state index contributed by atoms with van der Waals surface area (Å²) < 4.78 is 31.6. The van der Waals surface area contributed by atoms with Crippen molar-refractivity contribution in [2.24, 2.45) is 0 Å². The lowest BCUT2D eigenvalue weighted by atomic mass is 10.2. The van der Waals surface area contributed by atoms with E-state index >= 15 is 0 Å². The molecule has 2 aromatic rings. The van der Waals surface area contributed by atoms with Crippen molar-refractivity contribution >= 4 is 16.0 Å². The molecule has 2 rings (SSSR count). The summed E-state index contributed by atoms with van der Waals surface area (Å²) in [5, 5.41) is 7.42. The molecule has 0 unspecified atom stereocenters. The van der Waals surface area contributed by atoms with Gasteiger partial charge in [-0.05, 0) is 31.0 Å². The Kier molecular flexibility index (Phi) is 3.84. The van der Waals surface area contributed by atoms with Gasteiger partial charge in [-0.15, -0.1) is 5.10 Å². The van der Waals surface area contributed by atoms with E-state index in [2.05, 4.69) is 14.9 Å². The Morgan fingerprint density at radius 1 is 1.32 bits per heavy atom. The van der Waals surface area contributed by atoms with Gasteiger partial charge in [-0.3, -0.25) is 0 Å². The number of aryl methyl sites for hydroxylation is 2. The Bertz CT molecular complexity index is 664. The molecule has 0 aliphatic rings. The zero-order valence-electron chi connectivity index (χ0n) is 10.8. The zero-order chi connectivity index (χ0) is 13.9. The molecule has 0 radical (unpaired) electrons. The largest absolute Gasteiger partial charge is 0.407 e. The summed E-state index contributed by atoms with van der Waals surface area (Å²) in [5.41, 5.74) is 0.861. The Morgan fingerprint density at radius 2 is 2.11 bits per heavy atom. The molecule has 1 aromatic carbocycles. The van der Waals surface area contributed by atoms with E-state index < -0.39 is 10.0 Å². The van der Waals surface area contributed by atoms with E-state index in [0.29, 0.717) is 12.3 Å². The van der Waals surface area contributed by atoms with E-state index in [-0.39, 0.29) is 10.9 Å².